The maximum atomic E-state index is 12.6. The normalized spacial score (nSPS) is 10.6. The Morgan fingerprint density at radius 1 is 1.69 bits per heavy atom. The van der Waals surface area contributed by atoms with Gasteiger partial charge in [0.05, 0.1) is 12.7 Å². The second kappa shape index (κ2) is 5.48. The molecule has 0 aromatic carbocycles. The van der Waals surface area contributed by atoms with E-state index in [0.717, 1.165) is 0 Å². The fourth-order valence-corrected chi connectivity index (χ4v) is 1.79. The van der Waals surface area contributed by atoms with Crippen LogP contribution >= 0.6 is 22.6 Å². The van der Waals surface area contributed by atoms with Crippen LogP contribution in [0.5, 0.6) is 0 Å². The number of nitrogens with zero attached hydrogens (tertiary/aromatic N) is 1. The van der Waals surface area contributed by atoms with Gasteiger partial charge in [-0.2, -0.15) is 0 Å². The second-order valence-electron chi connectivity index (χ2n) is 2.87. The SMILES string of the molecule is COC(=O)c1cc(CN)c(C(F)F)nc1I. The number of pyridine rings is 1. The third-order valence-electron chi connectivity index (χ3n) is 1.92. The Labute approximate surface area is 104 Å². The number of aromatic nitrogens is 1. The number of esters is 1. The Balaban J connectivity index is 3.31. The van der Waals surface area contributed by atoms with Crippen LogP contribution in [0.4, 0.5) is 8.78 Å². The molecule has 7 heteroatoms. The van der Waals surface area contributed by atoms with Crippen LogP contribution in [0, 0.1) is 3.70 Å². The van der Waals surface area contributed by atoms with Crippen molar-refractivity contribution in [1.82, 2.24) is 4.98 Å². The highest BCUT2D eigenvalue weighted by atomic mass is 127. The first kappa shape index (κ1) is 13.2. The lowest BCUT2D eigenvalue weighted by Gasteiger charge is -2.09. The van der Waals surface area contributed by atoms with Crippen molar-refractivity contribution >= 4 is 28.6 Å². The van der Waals surface area contributed by atoms with E-state index in [1.165, 1.54) is 13.2 Å². The Bertz CT molecular complexity index is 413. The lowest BCUT2D eigenvalue weighted by atomic mass is 10.1. The molecule has 2 N–H and O–H groups in total. The maximum absolute atomic E-state index is 12.6. The highest BCUT2D eigenvalue weighted by Gasteiger charge is 2.20. The summed E-state index contributed by atoms with van der Waals surface area (Å²) in [4.78, 5) is 15.0. The molecule has 0 aliphatic heterocycles. The quantitative estimate of drug-likeness (QED) is 0.518. The summed E-state index contributed by atoms with van der Waals surface area (Å²) < 4.78 is 29.8. The molecular formula is C9H9F2IN2O2. The van der Waals surface area contributed by atoms with Gasteiger partial charge in [0.25, 0.3) is 6.43 Å². The lowest BCUT2D eigenvalue weighted by molar-refractivity contribution is 0.0598. The fourth-order valence-electron chi connectivity index (χ4n) is 1.15. The first-order chi connectivity index (χ1) is 7.51. The van der Waals surface area contributed by atoms with Crippen molar-refractivity contribution in [2.24, 2.45) is 5.73 Å². The summed E-state index contributed by atoms with van der Waals surface area (Å²) in [7, 11) is 1.21. The van der Waals surface area contributed by atoms with E-state index in [2.05, 4.69) is 9.72 Å². The van der Waals surface area contributed by atoms with Crippen LogP contribution in [-0.2, 0) is 11.3 Å². The zero-order valence-corrected chi connectivity index (χ0v) is 10.5. The number of alkyl halides is 2. The molecule has 0 saturated carbocycles. The molecule has 1 heterocycles. The Morgan fingerprint density at radius 2 is 2.31 bits per heavy atom. The molecule has 16 heavy (non-hydrogen) atoms. The average molecular weight is 342 g/mol. The molecule has 0 amide bonds. The molecule has 1 rings (SSSR count). The third kappa shape index (κ3) is 2.64. The molecule has 0 bridgehead atoms. The van der Waals surface area contributed by atoms with E-state index in [9.17, 15) is 13.6 Å². The van der Waals surface area contributed by atoms with Crippen LogP contribution in [0.15, 0.2) is 6.07 Å². The van der Waals surface area contributed by atoms with Crippen molar-refractivity contribution in [3.63, 3.8) is 0 Å². The van der Waals surface area contributed by atoms with Crippen LogP contribution in [0.2, 0.25) is 0 Å². The third-order valence-corrected chi connectivity index (χ3v) is 2.74. The number of nitrogens with two attached hydrogens (primary N) is 1. The fraction of sp³-hybridized carbons (Fsp3) is 0.333. The van der Waals surface area contributed by atoms with Gasteiger partial charge >= 0.3 is 5.97 Å². The molecule has 88 valence electrons. The second-order valence-corrected chi connectivity index (χ2v) is 3.89. The number of methoxy groups -OCH3 is 1. The van der Waals surface area contributed by atoms with Crippen molar-refractivity contribution in [2.75, 3.05) is 7.11 Å². The minimum absolute atomic E-state index is 0.104. The molecule has 0 radical (unpaired) electrons. The molecule has 0 aliphatic carbocycles. The van der Waals surface area contributed by atoms with Gasteiger partial charge < -0.3 is 10.5 Å². The van der Waals surface area contributed by atoms with Gasteiger partial charge in [-0.05, 0) is 34.2 Å². The number of carbonyl (C=O) groups is 1. The summed E-state index contributed by atoms with van der Waals surface area (Å²) in [5.74, 6) is -0.618. The molecule has 0 saturated heterocycles. The Morgan fingerprint density at radius 3 is 2.75 bits per heavy atom. The van der Waals surface area contributed by atoms with Gasteiger partial charge in [0, 0.05) is 6.54 Å². The first-order valence-corrected chi connectivity index (χ1v) is 5.35. The molecule has 1 aromatic rings. The van der Waals surface area contributed by atoms with Crippen LogP contribution < -0.4 is 5.73 Å². The van der Waals surface area contributed by atoms with E-state index in [1.54, 1.807) is 22.6 Å². The minimum atomic E-state index is -2.71. The first-order valence-electron chi connectivity index (χ1n) is 4.27. The van der Waals surface area contributed by atoms with Crippen molar-refractivity contribution < 1.29 is 18.3 Å². The van der Waals surface area contributed by atoms with E-state index < -0.39 is 12.4 Å². The van der Waals surface area contributed by atoms with Crippen LogP contribution in [-0.4, -0.2) is 18.1 Å². The van der Waals surface area contributed by atoms with Gasteiger partial charge in [-0.25, -0.2) is 18.6 Å². The summed E-state index contributed by atoms with van der Waals surface area (Å²) >= 11 is 1.70. The molecule has 1 aromatic heterocycles. The molecule has 0 fully saturated rings. The molecule has 0 spiro atoms. The van der Waals surface area contributed by atoms with Crippen molar-refractivity contribution in [2.45, 2.75) is 13.0 Å². The topological polar surface area (TPSA) is 65.2 Å². The zero-order valence-electron chi connectivity index (χ0n) is 8.34. The highest BCUT2D eigenvalue weighted by molar-refractivity contribution is 14.1. The number of rotatable bonds is 3. The number of halogens is 3. The van der Waals surface area contributed by atoms with E-state index in [0.29, 0.717) is 0 Å². The van der Waals surface area contributed by atoms with Gasteiger partial charge in [0.2, 0.25) is 0 Å². The van der Waals surface area contributed by atoms with Crippen LogP contribution in [0.25, 0.3) is 0 Å². The largest absolute Gasteiger partial charge is 0.465 e. The van der Waals surface area contributed by atoms with E-state index >= 15 is 0 Å². The number of carbonyl (C=O) groups excluding carboxylic acids is 1. The average Bonchev–Trinajstić information content (AvgIpc) is 2.27. The van der Waals surface area contributed by atoms with Crippen molar-refractivity contribution in [3.8, 4) is 0 Å². The summed E-state index contributed by atoms with van der Waals surface area (Å²) in [5.41, 5.74) is 5.23. The number of hydrogen-bond donors (Lipinski definition) is 1. The standard InChI is InChI=1S/C9H9F2IN2O2/c1-16-9(15)5-2-4(3-13)6(7(10)11)14-8(5)12/h2,7H,3,13H2,1H3. The maximum Gasteiger partial charge on any atom is 0.340 e. The highest BCUT2D eigenvalue weighted by Crippen LogP contribution is 2.24. The van der Waals surface area contributed by atoms with E-state index in [-0.39, 0.29) is 27.1 Å². The van der Waals surface area contributed by atoms with Crippen LogP contribution in [0.1, 0.15) is 28.0 Å². The van der Waals surface area contributed by atoms with E-state index in [4.69, 9.17) is 5.73 Å². The minimum Gasteiger partial charge on any atom is -0.465 e. The van der Waals surface area contributed by atoms with Gasteiger partial charge in [-0.3, -0.25) is 0 Å². The predicted octanol–water partition coefficient (Wildman–Crippen LogP) is 1.87. The smallest absolute Gasteiger partial charge is 0.340 e. The molecule has 0 aliphatic rings. The van der Waals surface area contributed by atoms with Crippen LogP contribution in [0.3, 0.4) is 0 Å². The molecule has 4 nitrogen and oxygen atoms in total. The number of ether oxygens (including phenoxy) is 1. The summed E-state index contributed by atoms with van der Waals surface area (Å²) in [6.45, 7) is -0.104. The van der Waals surface area contributed by atoms with Gasteiger partial charge in [-0.1, -0.05) is 0 Å². The molecular weight excluding hydrogens is 333 g/mol. The van der Waals surface area contributed by atoms with Gasteiger partial charge in [-0.15, -0.1) is 0 Å². The summed E-state index contributed by atoms with van der Waals surface area (Å²) in [6.07, 6.45) is -2.71. The lowest BCUT2D eigenvalue weighted by Crippen LogP contribution is -2.12. The zero-order chi connectivity index (χ0) is 12.3. The monoisotopic (exact) mass is 342 g/mol. The Kier molecular flexibility index (Phi) is 4.54. The van der Waals surface area contributed by atoms with Gasteiger partial charge in [0.1, 0.15) is 9.39 Å². The Hall–Kier alpha value is -0.830. The number of hydrogen-bond acceptors (Lipinski definition) is 4. The van der Waals surface area contributed by atoms with E-state index in [1.807, 2.05) is 0 Å². The van der Waals surface area contributed by atoms with Gasteiger partial charge in [0.15, 0.2) is 0 Å². The summed E-state index contributed by atoms with van der Waals surface area (Å²) in [6, 6.07) is 1.29. The van der Waals surface area contributed by atoms with Crippen molar-refractivity contribution in [3.05, 3.63) is 26.6 Å². The molecule has 0 unspecified atom stereocenters. The predicted molar refractivity (Wildman–Crippen MR) is 61.1 cm³/mol. The summed E-state index contributed by atoms with van der Waals surface area (Å²) in [5, 5.41) is 0. The molecule has 0 atom stereocenters. The van der Waals surface area contributed by atoms with Crippen molar-refractivity contribution in [1.29, 1.82) is 0 Å².